The zero-order valence-corrected chi connectivity index (χ0v) is 5.46. The van der Waals surface area contributed by atoms with E-state index in [9.17, 15) is 9.59 Å². The monoisotopic (exact) mass is 146 g/mol. The molecule has 0 rings (SSSR count). The van der Waals surface area contributed by atoms with Gasteiger partial charge in [-0.2, -0.15) is 0 Å². The van der Waals surface area contributed by atoms with Gasteiger partial charge in [-0.3, -0.25) is 9.59 Å². The van der Waals surface area contributed by atoms with Crippen molar-refractivity contribution in [1.29, 1.82) is 0 Å². The van der Waals surface area contributed by atoms with Crippen LogP contribution >= 0.6 is 0 Å². The van der Waals surface area contributed by atoms with Crippen LogP contribution < -0.4 is 11.1 Å². The molecule has 0 heterocycles. The van der Waals surface area contributed by atoms with Crippen molar-refractivity contribution < 1.29 is 14.7 Å². The van der Waals surface area contributed by atoms with Crippen molar-refractivity contribution in [3.8, 4) is 0 Å². The predicted molar refractivity (Wildman–Crippen MR) is 33.9 cm³/mol. The number of primary amides is 1. The second kappa shape index (κ2) is 4.75. The molecule has 0 bridgehead atoms. The molecule has 0 saturated heterocycles. The molecule has 0 atom stereocenters. The van der Waals surface area contributed by atoms with Gasteiger partial charge in [0.05, 0.1) is 0 Å². The maximum Gasteiger partial charge on any atom is 0.309 e. The summed E-state index contributed by atoms with van der Waals surface area (Å²) in [5.41, 5.74) is 4.60. The number of amides is 2. The summed E-state index contributed by atoms with van der Waals surface area (Å²) in [6.45, 7) is 0.261. The minimum absolute atomic E-state index is 0.0148. The highest BCUT2D eigenvalue weighted by atomic mass is 16.3. The molecule has 0 fully saturated rings. The first-order valence-electron chi connectivity index (χ1n) is 2.87. The second-order valence-corrected chi connectivity index (χ2v) is 1.70. The fraction of sp³-hybridized carbons (Fsp3) is 0.600. The van der Waals surface area contributed by atoms with E-state index >= 15 is 0 Å². The van der Waals surface area contributed by atoms with Crippen LogP contribution in [0.15, 0.2) is 0 Å². The molecule has 5 heteroatoms. The van der Waals surface area contributed by atoms with Gasteiger partial charge in [0.15, 0.2) is 0 Å². The van der Waals surface area contributed by atoms with Crippen LogP contribution in [0.3, 0.4) is 0 Å². The molecule has 0 spiro atoms. The quantitative estimate of drug-likeness (QED) is 0.316. The first-order chi connectivity index (χ1) is 4.68. The number of nitrogens with two attached hydrogens (primary N) is 1. The zero-order chi connectivity index (χ0) is 7.98. The highest BCUT2D eigenvalue weighted by Gasteiger charge is 2.05. The summed E-state index contributed by atoms with van der Waals surface area (Å²) in [5, 5.41) is 10.5. The topological polar surface area (TPSA) is 92.4 Å². The van der Waals surface area contributed by atoms with Crippen molar-refractivity contribution in [3.05, 3.63) is 0 Å². The summed E-state index contributed by atoms with van der Waals surface area (Å²) in [6, 6.07) is 0. The molecular weight excluding hydrogens is 136 g/mol. The Balaban J connectivity index is 3.31. The van der Waals surface area contributed by atoms with Gasteiger partial charge in [-0.25, -0.2) is 0 Å². The molecule has 0 aliphatic rings. The lowest BCUT2D eigenvalue weighted by molar-refractivity contribution is -0.137. The maximum absolute atomic E-state index is 10.4. The van der Waals surface area contributed by atoms with Gasteiger partial charge in [0.1, 0.15) is 0 Å². The minimum Gasteiger partial charge on any atom is -0.396 e. The van der Waals surface area contributed by atoms with Crippen molar-refractivity contribution in [2.75, 3.05) is 13.2 Å². The van der Waals surface area contributed by atoms with E-state index in [1.165, 1.54) is 0 Å². The minimum atomic E-state index is -1.00. The van der Waals surface area contributed by atoms with E-state index in [0.29, 0.717) is 6.42 Å². The Morgan fingerprint density at radius 1 is 1.50 bits per heavy atom. The molecule has 10 heavy (non-hydrogen) atoms. The summed E-state index contributed by atoms with van der Waals surface area (Å²) in [4.78, 5) is 20.4. The summed E-state index contributed by atoms with van der Waals surface area (Å²) in [6.07, 6.45) is 0.430. The number of nitrogens with one attached hydrogen (secondary N) is 1. The molecule has 4 N–H and O–H groups in total. The van der Waals surface area contributed by atoms with E-state index in [0.717, 1.165) is 0 Å². The molecule has 0 aliphatic heterocycles. The first kappa shape index (κ1) is 8.90. The Hall–Kier alpha value is -1.10. The molecule has 0 aromatic rings. The fourth-order valence-electron chi connectivity index (χ4n) is 0.368. The number of hydrogen-bond donors (Lipinski definition) is 3. The van der Waals surface area contributed by atoms with Gasteiger partial charge in [0.25, 0.3) is 0 Å². The van der Waals surface area contributed by atoms with Crippen LogP contribution in [0.5, 0.6) is 0 Å². The molecule has 0 unspecified atom stereocenters. The Labute approximate surface area is 58.2 Å². The van der Waals surface area contributed by atoms with Gasteiger partial charge in [-0.1, -0.05) is 0 Å². The molecule has 0 radical (unpaired) electrons. The van der Waals surface area contributed by atoms with Crippen molar-refractivity contribution in [2.45, 2.75) is 6.42 Å². The number of hydrogen-bond acceptors (Lipinski definition) is 3. The number of rotatable bonds is 3. The maximum atomic E-state index is 10.4. The van der Waals surface area contributed by atoms with E-state index in [4.69, 9.17) is 5.11 Å². The van der Waals surface area contributed by atoms with E-state index < -0.39 is 11.8 Å². The van der Waals surface area contributed by atoms with Gasteiger partial charge < -0.3 is 16.2 Å². The third-order valence-corrected chi connectivity index (χ3v) is 0.844. The lowest BCUT2D eigenvalue weighted by Gasteiger charge is -1.98. The normalized spacial score (nSPS) is 8.90. The van der Waals surface area contributed by atoms with Crippen molar-refractivity contribution in [1.82, 2.24) is 5.32 Å². The van der Waals surface area contributed by atoms with Gasteiger partial charge in [0, 0.05) is 13.2 Å². The van der Waals surface area contributed by atoms with Crippen molar-refractivity contribution in [2.24, 2.45) is 5.73 Å². The Bertz CT molecular complexity index is 135. The number of carbonyl (C=O) groups excluding carboxylic acids is 2. The largest absolute Gasteiger partial charge is 0.396 e. The van der Waals surface area contributed by atoms with Crippen LogP contribution in [-0.4, -0.2) is 30.1 Å². The van der Waals surface area contributed by atoms with E-state index in [1.807, 2.05) is 0 Å². The van der Waals surface area contributed by atoms with Gasteiger partial charge >= 0.3 is 11.8 Å². The Morgan fingerprint density at radius 3 is 2.50 bits per heavy atom. The first-order valence-corrected chi connectivity index (χ1v) is 2.87. The molecule has 0 aliphatic carbocycles. The Morgan fingerprint density at radius 2 is 2.10 bits per heavy atom. The van der Waals surface area contributed by atoms with Crippen LogP contribution in [0.25, 0.3) is 0 Å². The van der Waals surface area contributed by atoms with Crippen molar-refractivity contribution in [3.63, 3.8) is 0 Å². The standard InChI is InChI=1S/C5H10N2O3/c6-4(9)5(10)7-2-1-3-8/h8H,1-3H2,(H2,6,9)(H,7,10). The number of carbonyl (C=O) groups is 2. The molecule has 58 valence electrons. The third-order valence-electron chi connectivity index (χ3n) is 0.844. The summed E-state index contributed by atoms with van der Waals surface area (Å²) < 4.78 is 0. The fourth-order valence-corrected chi connectivity index (χ4v) is 0.368. The highest BCUT2D eigenvalue weighted by Crippen LogP contribution is 1.71. The SMILES string of the molecule is NC(=O)C(=O)NCCCO. The molecule has 2 amide bonds. The molecular formula is C5H10N2O3. The smallest absolute Gasteiger partial charge is 0.309 e. The molecule has 0 aromatic carbocycles. The summed E-state index contributed by atoms with van der Waals surface area (Å²) in [7, 11) is 0. The van der Waals surface area contributed by atoms with E-state index in [2.05, 4.69) is 11.1 Å². The molecule has 0 aromatic heterocycles. The molecule has 0 saturated carbocycles. The number of aliphatic hydroxyl groups is 1. The van der Waals surface area contributed by atoms with E-state index in [-0.39, 0.29) is 13.2 Å². The van der Waals surface area contributed by atoms with Gasteiger partial charge in [0.2, 0.25) is 0 Å². The Kier molecular flexibility index (Phi) is 4.23. The van der Waals surface area contributed by atoms with Gasteiger partial charge in [-0.15, -0.1) is 0 Å². The predicted octanol–water partition coefficient (Wildman–Crippen LogP) is -2.03. The molecule has 5 nitrogen and oxygen atoms in total. The lowest BCUT2D eigenvalue weighted by atomic mass is 10.4. The highest BCUT2D eigenvalue weighted by molar-refractivity contribution is 6.34. The average Bonchev–Trinajstić information content (AvgIpc) is 1.88. The second-order valence-electron chi connectivity index (χ2n) is 1.70. The van der Waals surface area contributed by atoms with Gasteiger partial charge in [-0.05, 0) is 6.42 Å². The number of aliphatic hydroxyl groups excluding tert-OH is 1. The summed E-state index contributed by atoms with van der Waals surface area (Å²) in [5.74, 6) is -1.81. The average molecular weight is 146 g/mol. The summed E-state index contributed by atoms with van der Waals surface area (Å²) >= 11 is 0. The van der Waals surface area contributed by atoms with Crippen LogP contribution in [0.2, 0.25) is 0 Å². The van der Waals surface area contributed by atoms with E-state index in [1.54, 1.807) is 0 Å². The third kappa shape index (κ3) is 3.85. The zero-order valence-electron chi connectivity index (χ0n) is 5.46. The van der Waals surface area contributed by atoms with Crippen LogP contribution in [0.4, 0.5) is 0 Å². The van der Waals surface area contributed by atoms with Crippen LogP contribution in [0, 0.1) is 0 Å². The van der Waals surface area contributed by atoms with Crippen LogP contribution in [0.1, 0.15) is 6.42 Å². The van der Waals surface area contributed by atoms with Crippen LogP contribution in [-0.2, 0) is 9.59 Å². The van der Waals surface area contributed by atoms with Crippen molar-refractivity contribution >= 4 is 11.8 Å². The lowest BCUT2D eigenvalue weighted by Crippen LogP contribution is -2.36.